The van der Waals surface area contributed by atoms with Crippen LogP contribution in [-0.2, 0) is 21.2 Å². The number of hydrogen-bond acceptors (Lipinski definition) is 2. The number of benzene rings is 4. The molecule has 0 amide bonds. The average molecular weight is 817 g/mol. The van der Waals surface area contributed by atoms with Crippen molar-refractivity contribution in [3.05, 3.63) is 119 Å². The predicted octanol–water partition coefficient (Wildman–Crippen LogP) is 9.08. The Labute approximate surface area is 251 Å². The van der Waals surface area contributed by atoms with E-state index in [2.05, 4.69) is 160 Å². The molecule has 0 radical (unpaired) electrons. The molecule has 0 fully saturated rings. The minimum absolute atomic E-state index is 0.211. The second kappa shape index (κ2) is 12.0. The van der Waals surface area contributed by atoms with E-state index in [9.17, 15) is 4.79 Å². The van der Waals surface area contributed by atoms with Crippen molar-refractivity contribution in [3.63, 3.8) is 0 Å². The quantitative estimate of drug-likeness (QED) is 0.0806. The number of rotatable bonds is 7. The van der Waals surface area contributed by atoms with Crippen LogP contribution in [0.3, 0.4) is 0 Å². The molecule has 0 spiro atoms. The first-order valence-electron chi connectivity index (χ1n) is 11.2. The third-order valence-electron chi connectivity index (χ3n) is 5.90. The van der Waals surface area contributed by atoms with E-state index in [0.29, 0.717) is 12.0 Å². The maximum absolute atomic E-state index is 13.3. The summed E-state index contributed by atoms with van der Waals surface area (Å²) in [5, 5.41) is 0. The minimum Gasteiger partial charge on any atom is -0.451 e. The molecule has 0 aliphatic rings. The van der Waals surface area contributed by atoms with Crippen molar-refractivity contribution in [1.82, 2.24) is 0 Å². The first kappa shape index (κ1) is 26.9. The van der Waals surface area contributed by atoms with E-state index in [4.69, 9.17) is 4.74 Å². The topological polar surface area (TPSA) is 26.3 Å². The van der Waals surface area contributed by atoms with Crippen molar-refractivity contribution in [2.75, 3.05) is 0 Å². The Balaban J connectivity index is 1.67. The van der Waals surface area contributed by atoms with Gasteiger partial charge in [0.1, 0.15) is 5.60 Å². The van der Waals surface area contributed by atoms with Gasteiger partial charge in [-0.05, 0) is 135 Å². The van der Waals surface area contributed by atoms with Gasteiger partial charge in [-0.2, -0.15) is 0 Å². The van der Waals surface area contributed by atoms with E-state index < -0.39 is 5.60 Å². The summed E-state index contributed by atoms with van der Waals surface area (Å²) in [6, 6.07) is 33.8. The van der Waals surface area contributed by atoms with Gasteiger partial charge in [0.05, 0.1) is 16.5 Å². The Bertz CT molecular complexity index is 1270. The molecule has 0 N–H and O–H groups in total. The zero-order valence-corrected chi connectivity index (χ0v) is 26.6. The van der Waals surface area contributed by atoms with Crippen LogP contribution in [0.15, 0.2) is 112 Å². The van der Waals surface area contributed by atoms with E-state index in [-0.39, 0.29) is 16.9 Å². The molecular weight excluding hydrogens is 793 g/mol. The lowest BCUT2D eigenvalue weighted by Crippen LogP contribution is -2.29. The lowest BCUT2D eigenvalue weighted by atomic mass is 9.93. The molecule has 6 heteroatoms. The molecule has 2 nitrogen and oxygen atoms in total. The summed E-state index contributed by atoms with van der Waals surface area (Å²) < 4.78 is 9.08. The molecule has 4 aromatic rings. The third kappa shape index (κ3) is 6.07. The second-order valence-corrected chi connectivity index (χ2v) is 13.6. The lowest BCUT2D eigenvalue weighted by molar-refractivity contribution is -0.0143. The van der Waals surface area contributed by atoms with Crippen LogP contribution in [0, 0.1) is 10.7 Å². The van der Waals surface area contributed by atoms with Crippen LogP contribution < -0.4 is 0 Å². The van der Waals surface area contributed by atoms with E-state index >= 15 is 0 Å². The molecule has 0 saturated carbocycles. The van der Waals surface area contributed by atoms with Gasteiger partial charge in [-0.15, -0.1) is 0 Å². The van der Waals surface area contributed by atoms with E-state index in [0.717, 1.165) is 16.3 Å². The number of carbonyl (C=O) groups is 1. The van der Waals surface area contributed by atoms with Crippen LogP contribution in [0.1, 0.15) is 36.2 Å². The van der Waals surface area contributed by atoms with Gasteiger partial charge in [0.25, 0.3) is 0 Å². The van der Waals surface area contributed by atoms with Gasteiger partial charge in [-0.3, -0.25) is 0 Å². The molecule has 0 bridgehead atoms. The monoisotopic (exact) mass is 817 g/mol. The van der Waals surface area contributed by atoms with E-state index in [1.165, 1.54) is 14.7 Å². The number of halogens is 3. The maximum atomic E-state index is 13.3. The van der Waals surface area contributed by atoms with Crippen LogP contribution in [0.4, 0.5) is 0 Å². The first-order valence-corrected chi connectivity index (χ1v) is 15.6. The van der Waals surface area contributed by atoms with Crippen molar-refractivity contribution in [3.8, 4) is 0 Å². The minimum atomic E-state index is -0.721. The van der Waals surface area contributed by atoms with Crippen LogP contribution in [0.25, 0.3) is 0 Å². The fourth-order valence-corrected chi connectivity index (χ4v) is 8.18. The second-order valence-electron chi connectivity index (χ2n) is 8.15. The highest BCUT2D eigenvalue weighted by Crippen LogP contribution is 2.36. The van der Waals surface area contributed by atoms with Crippen molar-refractivity contribution in [2.24, 2.45) is 0 Å². The van der Waals surface area contributed by atoms with Crippen molar-refractivity contribution in [2.45, 2.75) is 40.6 Å². The van der Waals surface area contributed by atoms with Gasteiger partial charge in [-0.1, -0.05) is 55.5 Å². The molecule has 0 aromatic heterocycles. The molecule has 0 aliphatic heterocycles. The molecular formula is C29H24I3O2S+. The highest BCUT2D eigenvalue weighted by molar-refractivity contribution is 14.1. The zero-order valence-electron chi connectivity index (χ0n) is 19.3. The Morgan fingerprint density at radius 1 is 0.743 bits per heavy atom. The fraction of sp³-hybridized carbons (Fsp3) is 0.138. The van der Waals surface area contributed by atoms with Crippen LogP contribution in [0.5, 0.6) is 0 Å². The van der Waals surface area contributed by atoms with Gasteiger partial charge in [0.15, 0.2) is 14.7 Å². The molecule has 35 heavy (non-hydrogen) atoms. The molecule has 0 saturated heterocycles. The van der Waals surface area contributed by atoms with Crippen LogP contribution >= 0.6 is 67.8 Å². The van der Waals surface area contributed by atoms with Gasteiger partial charge in [-0.25, -0.2) is 4.79 Å². The Morgan fingerprint density at radius 2 is 1.23 bits per heavy atom. The summed E-state index contributed by atoms with van der Waals surface area (Å²) >= 11 is 6.70. The van der Waals surface area contributed by atoms with Crippen molar-refractivity contribution >= 4 is 84.6 Å². The summed E-state index contributed by atoms with van der Waals surface area (Å²) in [5.74, 6) is -0.279. The van der Waals surface area contributed by atoms with Crippen molar-refractivity contribution < 1.29 is 9.53 Å². The SMILES string of the molecule is CCC(C)(OC(=O)c1c(I)ccc(I)c1I)c1ccc([S+](c2ccccc2)c2ccccc2)cc1. The summed E-state index contributed by atoms with van der Waals surface area (Å²) in [5.41, 5.74) is 0.919. The Hall–Kier alpha value is -1.11. The van der Waals surface area contributed by atoms with E-state index in [1.807, 2.05) is 19.1 Å². The van der Waals surface area contributed by atoms with Gasteiger partial charge in [0, 0.05) is 10.7 Å². The largest absolute Gasteiger partial charge is 0.451 e. The summed E-state index contributed by atoms with van der Waals surface area (Å²) in [7, 11) is -0.211. The van der Waals surface area contributed by atoms with Gasteiger partial charge < -0.3 is 4.74 Å². The molecule has 4 rings (SSSR count). The number of ether oxygens (including phenoxy) is 1. The molecule has 0 heterocycles. The average Bonchev–Trinajstić information content (AvgIpc) is 2.88. The van der Waals surface area contributed by atoms with E-state index in [1.54, 1.807) is 0 Å². The lowest BCUT2D eigenvalue weighted by Gasteiger charge is -2.29. The van der Waals surface area contributed by atoms with Crippen LogP contribution in [-0.4, -0.2) is 5.97 Å². The summed E-state index contributed by atoms with van der Waals surface area (Å²) in [6.07, 6.45) is 0.679. The van der Waals surface area contributed by atoms with Gasteiger partial charge in [0.2, 0.25) is 0 Å². The third-order valence-corrected chi connectivity index (χ3v) is 12.1. The number of carbonyl (C=O) groups excluding carboxylic acids is 1. The summed E-state index contributed by atoms with van der Waals surface area (Å²) in [6.45, 7) is 4.06. The number of hydrogen-bond donors (Lipinski definition) is 0. The van der Waals surface area contributed by atoms with Gasteiger partial charge >= 0.3 is 5.97 Å². The summed E-state index contributed by atoms with van der Waals surface area (Å²) in [4.78, 5) is 17.1. The predicted molar refractivity (Wildman–Crippen MR) is 169 cm³/mol. The number of esters is 1. The molecule has 178 valence electrons. The zero-order chi connectivity index (χ0) is 25.0. The highest BCUT2D eigenvalue weighted by Gasteiger charge is 2.33. The van der Waals surface area contributed by atoms with Crippen molar-refractivity contribution in [1.29, 1.82) is 0 Å². The Morgan fingerprint density at radius 3 is 1.74 bits per heavy atom. The first-order chi connectivity index (χ1) is 16.8. The molecule has 4 aromatic carbocycles. The molecule has 1 atom stereocenters. The molecule has 1 unspecified atom stereocenters. The Kier molecular flexibility index (Phi) is 9.20. The van der Waals surface area contributed by atoms with Crippen LogP contribution in [0.2, 0.25) is 0 Å². The maximum Gasteiger partial charge on any atom is 0.341 e. The normalized spacial score (nSPS) is 12.9. The fourth-order valence-electron chi connectivity index (χ4n) is 3.77. The molecule has 0 aliphatic carbocycles. The standard InChI is InChI=1S/C29H24I3O2S/c1-3-29(2,34-28(33)26-24(30)18-19-25(31)27(26)32)20-14-16-23(17-15-20)35(21-10-6-4-7-11-21)22-12-8-5-9-13-22/h4-19H,3H2,1-2H3/q+1. The smallest absolute Gasteiger partial charge is 0.341 e. The highest BCUT2D eigenvalue weighted by atomic mass is 127.